The summed E-state index contributed by atoms with van der Waals surface area (Å²) in [7, 11) is 0. The molecule has 0 bridgehead atoms. The van der Waals surface area contributed by atoms with E-state index in [4.69, 9.17) is 5.73 Å². The summed E-state index contributed by atoms with van der Waals surface area (Å²) in [6.45, 7) is 0. The molecule has 4 heteroatoms. The summed E-state index contributed by atoms with van der Waals surface area (Å²) >= 11 is 0. The van der Waals surface area contributed by atoms with Crippen molar-refractivity contribution in [2.45, 2.75) is 25.0 Å². The Morgan fingerprint density at radius 2 is 2.00 bits per heavy atom. The third kappa shape index (κ3) is 1.49. The van der Waals surface area contributed by atoms with Gasteiger partial charge in [-0.1, -0.05) is 18.2 Å². The van der Waals surface area contributed by atoms with Crippen LogP contribution in [0.15, 0.2) is 24.3 Å². The van der Waals surface area contributed by atoms with Crippen molar-refractivity contribution >= 4 is 16.6 Å². The first kappa shape index (κ1) is 10.5. The number of aromatic nitrogens is 1. The van der Waals surface area contributed by atoms with Crippen LogP contribution >= 0.6 is 0 Å². The number of nitrogens with two attached hydrogens (primary N) is 1. The number of fused-ring (bicyclic) bond motifs is 2. The van der Waals surface area contributed by atoms with E-state index in [1.807, 2.05) is 24.3 Å². The standard InChI is InChI=1S/C13H14N2O2/c14-11-7-3-1-2-4-9(7)15-12-8(11)5-6-10(16)13(12)17/h1-4,10,13,16-17H,5-6H2,(H2,14,15). The zero-order chi connectivity index (χ0) is 12.0. The van der Waals surface area contributed by atoms with Crippen LogP contribution in [0.5, 0.6) is 0 Å². The van der Waals surface area contributed by atoms with E-state index in [1.165, 1.54) is 0 Å². The molecular formula is C13H14N2O2. The molecule has 0 amide bonds. The number of hydrogen-bond donors (Lipinski definition) is 3. The van der Waals surface area contributed by atoms with Gasteiger partial charge in [0, 0.05) is 16.6 Å². The van der Waals surface area contributed by atoms with Crippen LogP contribution in [0, 0.1) is 0 Å². The summed E-state index contributed by atoms with van der Waals surface area (Å²) in [6, 6.07) is 7.59. The number of nitrogen functional groups attached to an aromatic ring is 1. The molecule has 4 N–H and O–H groups in total. The predicted octanol–water partition coefficient (Wildman–Crippen LogP) is 1.16. The molecule has 17 heavy (non-hydrogen) atoms. The number of pyridine rings is 1. The number of aliphatic hydroxyl groups is 2. The molecule has 1 aromatic carbocycles. The Hall–Kier alpha value is -1.65. The maximum Gasteiger partial charge on any atom is 0.122 e. The van der Waals surface area contributed by atoms with E-state index in [0.29, 0.717) is 24.2 Å². The van der Waals surface area contributed by atoms with Crippen molar-refractivity contribution < 1.29 is 10.2 Å². The van der Waals surface area contributed by atoms with Gasteiger partial charge in [0.2, 0.25) is 0 Å². The van der Waals surface area contributed by atoms with Crippen molar-refractivity contribution in [3.05, 3.63) is 35.5 Å². The van der Waals surface area contributed by atoms with E-state index < -0.39 is 12.2 Å². The van der Waals surface area contributed by atoms with Gasteiger partial charge in [-0.25, -0.2) is 4.98 Å². The summed E-state index contributed by atoms with van der Waals surface area (Å²) in [5.74, 6) is 0. The highest BCUT2D eigenvalue weighted by Crippen LogP contribution is 2.35. The number of hydrogen-bond acceptors (Lipinski definition) is 4. The third-order valence-electron chi connectivity index (χ3n) is 3.40. The normalized spacial score (nSPS) is 23.6. The van der Waals surface area contributed by atoms with Gasteiger partial charge < -0.3 is 15.9 Å². The van der Waals surface area contributed by atoms with Crippen LogP contribution in [0.2, 0.25) is 0 Å². The Balaban J connectivity index is 2.31. The van der Waals surface area contributed by atoms with E-state index in [2.05, 4.69) is 4.98 Å². The minimum absolute atomic E-state index is 0.526. The number of benzene rings is 1. The lowest BCUT2D eigenvalue weighted by Gasteiger charge is -2.27. The van der Waals surface area contributed by atoms with Crippen LogP contribution in [0.1, 0.15) is 23.8 Å². The molecule has 0 radical (unpaired) electrons. The highest BCUT2D eigenvalue weighted by atomic mass is 16.3. The van der Waals surface area contributed by atoms with Crippen LogP contribution in [-0.4, -0.2) is 21.3 Å². The van der Waals surface area contributed by atoms with Gasteiger partial charge >= 0.3 is 0 Å². The van der Waals surface area contributed by atoms with Gasteiger partial charge in [0.1, 0.15) is 6.10 Å². The maximum absolute atomic E-state index is 9.95. The molecule has 1 aromatic heterocycles. The fraction of sp³-hybridized carbons (Fsp3) is 0.308. The van der Waals surface area contributed by atoms with Crippen LogP contribution in [0.4, 0.5) is 5.69 Å². The fourth-order valence-corrected chi connectivity index (χ4v) is 2.44. The molecule has 0 aliphatic heterocycles. The average molecular weight is 230 g/mol. The van der Waals surface area contributed by atoms with Crippen molar-refractivity contribution in [2.75, 3.05) is 5.73 Å². The zero-order valence-corrected chi connectivity index (χ0v) is 9.30. The Morgan fingerprint density at radius 3 is 2.82 bits per heavy atom. The smallest absolute Gasteiger partial charge is 0.122 e. The fourth-order valence-electron chi connectivity index (χ4n) is 2.44. The molecule has 0 fully saturated rings. The number of anilines is 1. The quantitative estimate of drug-likeness (QED) is 0.634. The lowest BCUT2D eigenvalue weighted by molar-refractivity contribution is 0.00404. The second-order valence-electron chi connectivity index (χ2n) is 4.46. The third-order valence-corrected chi connectivity index (χ3v) is 3.40. The molecular weight excluding hydrogens is 216 g/mol. The SMILES string of the molecule is Nc1c2c(nc3ccccc13)C(O)C(O)CC2. The molecule has 3 rings (SSSR count). The molecule has 2 unspecified atom stereocenters. The maximum atomic E-state index is 9.95. The molecule has 0 saturated heterocycles. The second kappa shape index (κ2) is 3.68. The largest absolute Gasteiger partial charge is 0.398 e. The van der Waals surface area contributed by atoms with Gasteiger partial charge in [-0.2, -0.15) is 0 Å². The lowest BCUT2D eigenvalue weighted by Crippen LogP contribution is -2.27. The zero-order valence-electron chi connectivity index (χ0n) is 9.30. The van der Waals surface area contributed by atoms with Gasteiger partial charge in [0.05, 0.1) is 17.3 Å². The van der Waals surface area contributed by atoms with E-state index in [1.54, 1.807) is 0 Å². The monoisotopic (exact) mass is 230 g/mol. The summed E-state index contributed by atoms with van der Waals surface area (Å²) < 4.78 is 0. The second-order valence-corrected chi connectivity index (χ2v) is 4.46. The van der Waals surface area contributed by atoms with Crippen molar-refractivity contribution in [2.24, 2.45) is 0 Å². The first-order valence-electron chi connectivity index (χ1n) is 5.71. The Bertz CT molecular complexity index is 583. The molecule has 88 valence electrons. The average Bonchev–Trinajstić information content (AvgIpc) is 2.35. The first-order chi connectivity index (χ1) is 8.18. The number of para-hydroxylation sites is 1. The number of nitrogens with zero attached hydrogens (tertiary/aromatic N) is 1. The van der Waals surface area contributed by atoms with Crippen molar-refractivity contribution in [1.82, 2.24) is 4.98 Å². The summed E-state index contributed by atoms with van der Waals surface area (Å²) in [6.07, 6.45) is -0.475. The van der Waals surface area contributed by atoms with Gasteiger partial charge in [-0.3, -0.25) is 0 Å². The van der Waals surface area contributed by atoms with Gasteiger partial charge in [0.25, 0.3) is 0 Å². The topological polar surface area (TPSA) is 79.4 Å². The van der Waals surface area contributed by atoms with Crippen LogP contribution in [0.25, 0.3) is 10.9 Å². The van der Waals surface area contributed by atoms with Crippen LogP contribution in [0.3, 0.4) is 0 Å². The molecule has 2 atom stereocenters. The van der Waals surface area contributed by atoms with E-state index >= 15 is 0 Å². The number of rotatable bonds is 0. The summed E-state index contributed by atoms with van der Waals surface area (Å²) in [4.78, 5) is 4.42. The van der Waals surface area contributed by atoms with E-state index in [9.17, 15) is 10.2 Å². The van der Waals surface area contributed by atoms with Gasteiger partial charge in [0.15, 0.2) is 0 Å². The van der Waals surface area contributed by atoms with E-state index in [-0.39, 0.29) is 0 Å². The van der Waals surface area contributed by atoms with Crippen molar-refractivity contribution in [1.29, 1.82) is 0 Å². The molecule has 4 nitrogen and oxygen atoms in total. The summed E-state index contributed by atoms with van der Waals surface area (Å²) in [5, 5.41) is 20.5. The van der Waals surface area contributed by atoms with E-state index in [0.717, 1.165) is 16.5 Å². The summed E-state index contributed by atoms with van der Waals surface area (Å²) in [5.41, 5.74) is 8.96. The van der Waals surface area contributed by atoms with Crippen molar-refractivity contribution in [3.63, 3.8) is 0 Å². The Labute approximate surface area is 98.7 Å². The molecule has 1 aliphatic carbocycles. The highest BCUT2D eigenvalue weighted by molar-refractivity contribution is 5.92. The predicted molar refractivity (Wildman–Crippen MR) is 65.4 cm³/mol. The van der Waals surface area contributed by atoms with Crippen LogP contribution in [-0.2, 0) is 6.42 Å². The Morgan fingerprint density at radius 1 is 1.24 bits per heavy atom. The molecule has 0 spiro atoms. The molecule has 2 aromatic rings. The van der Waals surface area contributed by atoms with Crippen molar-refractivity contribution in [3.8, 4) is 0 Å². The number of aliphatic hydroxyl groups excluding tert-OH is 2. The lowest BCUT2D eigenvalue weighted by atomic mass is 9.89. The molecule has 1 heterocycles. The first-order valence-corrected chi connectivity index (χ1v) is 5.71. The Kier molecular flexibility index (Phi) is 2.28. The molecule has 1 aliphatic rings. The molecule has 0 saturated carbocycles. The minimum atomic E-state index is -0.925. The van der Waals surface area contributed by atoms with Gasteiger partial charge in [-0.05, 0) is 18.9 Å². The minimum Gasteiger partial charge on any atom is -0.398 e. The van der Waals surface area contributed by atoms with Crippen LogP contribution < -0.4 is 5.73 Å². The highest BCUT2D eigenvalue weighted by Gasteiger charge is 2.29. The van der Waals surface area contributed by atoms with Gasteiger partial charge in [-0.15, -0.1) is 0 Å².